The molecule has 0 saturated heterocycles. The maximum absolute atomic E-state index is 12.8. The Morgan fingerprint density at radius 2 is 1.48 bits per heavy atom. The highest BCUT2D eigenvalue weighted by Crippen LogP contribution is 2.15. The zero-order valence-corrected chi connectivity index (χ0v) is 15.2. The van der Waals surface area contributed by atoms with Crippen LogP contribution in [0.15, 0.2) is 42.5 Å². The van der Waals surface area contributed by atoms with E-state index >= 15 is 0 Å². The topological polar surface area (TPSA) is 84.5 Å². The molecule has 0 aliphatic rings. The molecule has 0 aliphatic heterocycles. The van der Waals surface area contributed by atoms with Gasteiger partial charge in [-0.2, -0.15) is 0 Å². The van der Waals surface area contributed by atoms with Gasteiger partial charge in [0.25, 0.3) is 5.91 Å². The van der Waals surface area contributed by atoms with E-state index in [1.165, 1.54) is 24.3 Å². The maximum Gasteiger partial charge on any atom is 0.276 e. The number of rotatable bonds is 7. The molecular formula is C20H21FN2O4. The fourth-order valence-electron chi connectivity index (χ4n) is 2.41. The summed E-state index contributed by atoms with van der Waals surface area (Å²) in [6.07, 6.45) is -0.152. The molecule has 2 aromatic rings. The predicted octanol–water partition coefficient (Wildman–Crippen LogP) is 2.63. The Morgan fingerprint density at radius 3 is 2.11 bits per heavy atom. The van der Waals surface area contributed by atoms with Gasteiger partial charge in [-0.15, -0.1) is 0 Å². The summed E-state index contributed by atoms with van der Waals surface area (Å²) in [4.78, 5) is 35.4. The van der Waals surface area contributed by atoms with Crippen molar-refractivity contribution in [2.45, 2.75) is 26.7 Å². The summed E-state index contributed by atoms with van der Waals surface area (Å²) in [5.41, 5.74) is 6.82. The lowest BCUT2D eigenvalue weighted by Gasteiger charge is -2.10. The summed E-state index contributed by atoms with van der Waals surface area (Å²) in [5.74, 6) is -1.18. The van der Waals surface area contributed by atoms with Crippen molar-refractivity contribution in [3.8, 4) is 5.75 Å². The van der Waals surface area contributed by atoms with Gasteiger partial charge in [0.1, 0.15) is 11.6 Å². The molecule has 142 valence electrons. The van der Waals surface area contributed by atoms with Crippen molar-refractivity contribution in [2.24, 2.45) is 0 Å². The minimum absolute atomic E-state index is 0.0492. The van der Waals surface area contributed by atoms with Gasteiger partial charge in [-0.1, -0.05) is 6.07 Å². The fraction of sp³-hybridized carbons (Fsp3) is 0.250. The maximum atomic E-state index is 12.8. The normalized spacial score (nSPS) is 10.2. The van der Waals surface area contributed by atoms with E-state index in [1.807, 2.05) is 19.9 Å². The SMILES string of the molecule is Cc1cc(C)cc(OCC(=O)NNC(=O)CCC(=O)c2ccc(F)cc2)c1. The van der Waals surface area contributed by atoms with Crippen LogP contribution in [0.25, 0.3) is 0 Å². The molecule has 0 saturated carbocycles. The van der Waals surface area contributed by atoms with Gasteiger partial charge < -0.3 is 4.74 Å². The monoisotopic (exact) mass is 372 g/mol. The molecule has 7 heteroatoms. The Hall–Kier alpha value is -3.22. The van der Waals surface area contributed by atoms with E-state index in [0.717, 1.165) is 11.1 Å². The number of hydrazine groups is 1. The van der Waals surface area contributed by atoms with E-state index in [1.54, 1.807) is 12.1 Å². The lowest BCUT2D eigenvalue weighted by Crippen LogP contribution is -2.43. The Bertz CT molecular complexity index is 814. The standard InChI is InChI=1S/C20H21FN2O4/c1-13-9-14(2)11-17(10-13)27-12-20(26)23-22-19(25)8-7-18(24)15-3-5-16(21)6-4-15/h3-6,9-11H,7-8,12H2,1-2H3,(H,22,25)(H,23,26). The fourth-order valence-corrected chi connectivity index (χ4v) is 2.41. The lowest BCUT2D eigenvalue weighted by atomic mass is 10.1. The summed E-state index contributed by atoms with van der Waals surface area (Å²) < 4.78 is 18.2. The largest absolute Gasteiger partial charge is 0.484 e. The Labute approximate surface area is 156 Å². The molecule has 0 fully saturated rings. The van der Waals surface area contributed by atoms with Crippen LogP contribution in [-0.2, 0) is 9.59 Å². The van der Waals surface area contributed by atoms with Gasteiger partial charge in [0.15, 0.2) is 12.4 Å². The molecule has 6 nitrogen and oxygen atoms in total. The summed E-state index contributed by atoms with van der Waals surface area (Å²) in [6.45, 7) is 3.60. The third-order valence-corrected chi connectivity index (χ3v) is 3.65. The van der Waals surface area contributed by atoms with Crippen LogP contribution in [-0.4, -0.2) is 24.2 Å². The highest BCUT2D eigenvalue weighted by Gasteiger charge is 2.11. The van der Waals surface area contributed by atoms with Gasteiger partial charge in [0, 0.05) is 18.4 Å². The van der Waals surface area contributed by atoms with Crippen LogP contribution in [0.1, 0.15) is 34.3 Å². The molecule has 0 atom stereocenters. The third-order valence-electron chi connectivity index (χ3n) is 3.65. The van der Waals surface area contributed by atoms with E-state index < -0.39 is 17.6 Å². The van der Waals surface area contributed by atoms with Crippen LogP contribution in [0.5, 0.6) is 5.75 Å². The smallest absolute Gasteiger partial charge is 0.276 e. The zero-order chi connectivity index (χ0) is 19.8. The van der Waals surface area contributed by atoms with Gasteiger partial charge in [0.2, 0.25) is 5.91 Å². The lowest BCUT2D eigenvalue weighted by molar-refractivity contribution is -0.130. The second-order valence-electron chi connectivity index (χ2n) is 6.14. The third kappa shape index (κ3) is 6.89. The highest BCUT2D eigenvalue weighted by atomic mass is 19.1. The molecule has 2 amide bonds. The number of Topliss-reactive ketones (excluding diaryl/α,β-unsaturated/α-hetero) is 1. The molecule has 0 radical (unpaired) electrons. The van der Waals surface area contributed by atoms with Gasteiger partial charge in [-0.25, -0.2) is 4.39 Å². The molecule has 2 N–H and O–H groups in total. The summed E-state index contributed by atoms with van der Waals surface area (Å²) in [5, 5.41) is 0. The number of carbonyl (C=O) groups excluding carboxylic acids is 3. The summed E-state index contributed by atoms with van der Waals surface area (Å²) in [6, 6.07) is 10.7. The molecule has 0 unspecified atom stereocenters. The van der Waals surface area contributed by atoms with Crippen molar-refractivity contribution in [1.82, 2.24) is 10.9 Å². The molecule has 0 aromatic heterocycles. The zero-order valence-electron chi connectivity index (χ0n) is 15.2. The second-order valence-corrected chi connectivity index (χ2v) is 6.14. The molecule has 0 aliphatic carbocycles. The Kier molecular flexibility index (Phi) is 7.05. The number of halogens is 1. The number of benzene rings is 2. The number of ketones is 1. The molecule has 0 bridgehead atoms. The molecule has 2 aromatic carbocycles. The number of ether oxygens (including phenoxy) is 1. The van der Waals surface area contributed by atoms with Gasteiger partial charge in [-0.3, -0.25) is 25.2 Å². The minimum Gasteiger partial charge on any atom is -0.484 e. The van der Waals surface area contributed by atoms with Crippen molar-refractivity contribution in [3.63, 3.8) is 0 Å². The van der Waals surface area contributed by atoms with Crippen LogP contribution >= 0.6 is 0 Å². The molecule has 27 heavy (non-hydrogen) atoms. The van der Waals surface area contributed by atoms with Crippen molar-refractivity contribution in [3.05, 3.63) is 65.0 Å². The van der Waals surface area contributed by atoms with Crippen LogP contribution < -0.4 is 15.6 Å². The van der Waals surface area contributed by atoms with E-state index in [-0.39, 0.29) is 25.2 Å². The van der Waals surface area contributed by atoms with E-state index in [4.69, 9.17) is 4.74 Å². The van der Waals surface area contributed by atoms with Gasteiger partial charge in [-0.05, 0) is 61.4 Å². The first-order valence-corrected chi connectivity index (χ1v) is 8.41. The number of amides is 2. The number of aryl methyl sites for hydroxylation is 2. The Balaban J connectivity index is 1.69. The minimum atomic E-state index is -0.521. The van der Waals surface area contributed by atoms with Crippen LogP contribution in [0, 0.1) is 19.7 Å². The quantitative estimate of drug-likeness (QED) is 0.578. The number of hydrogen-bond acceptors (Lipinski definition) is 4. The first-order valence-electron chi connectivity index (χ1n) is 8.41. The Morgan fingerprint density at radius 1 is 0.889 bits per heavy atom. The van der Waals surface area contributed by atoms with Crippen molar-refractivity contribution in [1.29, 1.82) is 0 Å². The van der Waals surface area contributed by atoms with Crippen LogP contribution in [0.2, 0.25) is 0 Å². The second kappa shape index (κ2) is 9.47. The van der Waals surface area contributed by atoms with Crippen molar-refractivity contribution < 1.29 is 23.5 Å². The van der Waals surface area contributed by atoms with Gasteiger partial charge in [0.05, 0.1) is 0 Å². The average molecular weight is 372 g/mol. The van der Waals surface area contributed by atoms with E-state index in [2.05, 4.69) is 10.9 Å². The first-order chi connectivity index (χ1) is 12.8. The van der Waals surface area contributed by atoms with Crippen molar-refractivity contribution in [2.75, 3.05) is 6.61 Å². The number of carbonyl (C=O) groups is 3. The summed E-state index contributed by atoms with van der Waals surface area (Å²) >= 11 is 0. The van der Waals surface area contributed by atoms with Crippen LogP contribution in [0.3, 0.4) is 0 Å². The van der Waals surface area contributed by atoms with Crippen molar-refractivity contribution >= 4 is 17.6 Å². The van der Waals surface area contributed by atoms with Gasteiger partial charge >= 0.3 is 0 Å². The highest BCUT2D eigenvalue weighted by molar-refractivity contribution is 5.98. The molecule has 2 rings (SSSR count). The predicted molar refractivity (Wildman–Crippen MR) is 97.7 cm³/mol. The first kappa shape index (κ1) is 20.1. The average Bonchev–Trinajstić information content (AvgIpc) is 2.62. The molecular weight excluding hydrogens is 351 g/mol. The van der Waals surface area contributed by atoms with E-state index in [9.17, 15) is 18.8 Å². The summed E-state index contributed by atoms with van der Waals surface area (Å²) in [7, 11) is 0. The number of nitrogens with one attached hydrogen (secondary N) is 2. The molecule has 0 heterocycles. The molecule has 0 spiro atoms. The van der Waals surface area contributed by atoms with Crippen LogP contribution in [0.4, 0.5) is 4.39 Å². The van der Waals surface area contributed by atoms with E-state index in [0.29, 0.717) is 11.3 Å². The number of hydrogen-bond donors (Lipinski definition) is 2.